The van der Waals surface area contributed by atoms with Gasteiger partial charge in [0, 0.05) is 0 Å². The molecule has 0 aromatic heterocycles. The van der Waals surface area contributed by atoms with Crippen molar-refractivity contribution >= 4 is 18.1 Å². The summed E-state index contributed by atoms with van der Waals surface area (Å²) in [4.78, 5) is 35.9. The van der Waals surface area contributed by atoms with Gasteiger partial charge in [-0.05, 0) is 62.4 Å². The topological polar surface area (TPSA) is 99.1 Å². The Hall–Kier alpha value is -3.49. The molecule has 1 fully saturated rings. The van der Waals surface area contributed by atoms with E-state index < -0.39 is 35.7 Å². The summed E-state index contributed by atoms with van der Waals surface area (Å²) >= 11 is 0. The van der Waals surface area contributed by atoms with Gasteiger partial charge in [0.1, 0.15) is 11.4 Å². The highest BCUT2D eigenvalue weighted by Gasteiger charge is 2.51. The predicted octanol–water partition coefficient (Wildman–Crippen LogP) is 6.18. The zero-order valence-corrected chi connectivity index (χ0v) is 19.5. The highest BCUT2D eigenvalue weighted by molar-refractivity contribution is 5.90. The van der Waals surface area contributed by atoms with Crippen LogP contribution in [0, 0.1) is 5.92 Å². The van der Waals surface area contributed by atoms with E-state index in [0.29, 0.717) is 0 Å². The van der Waals surface area contributed by atoms with Crippen molar-refractivity contribution in [3.05, 3.63) is 65.7 Å². The number of hydrogen-bond acceptors (Lipinski definition) is 6. The fourth-order valence-corrected chi connectivity index (χ4v) is 4.14. The van der Waals surface area contributed by atoms with Crippen LogP contribution >= 0.6 is 0 Å². The molecule has 1 saturated carbocycles. The third-order valence-corrected chi connectivity index (χ3v) is 6.17. The first-order valence-electron chi connectivity index (χ1n) is 11.4. The lowest BCUT2D eigenvalue weighted by molar-refractivity contribution is -0.183. The van der Waals surface area contributed by atoms with Crippen molar-refractivity contribution in [1.29, 1.82) is 0 Å². The smallest absolute Gasteiger partial charge is 0.477 e. The maximum atomic E-state index is 14.3. The van der Waals surface area contributed by atoms with Crippen LogP contribution in [0.2, 0.25) is 0 Å². The van der Waals surface area contributed by atoms with E-state index >= 15 is 0 Å². The lowest BCUT2D eigenvalue weighted by atomic mass is 9.79. The van der Waals surface area contributed by atoms with Crippen LogP contribution in [-0.4, -0.2) is 34.7 Å². The fraction of sp³-hybridized carbons (Fsp3) is 0.423. The van der Waals surface area contributed by atoms with Crippen LogP contribution in [0.5, 0.6) is 5.75 Å². The van der Waals surface area contributed by atoms with Gasteiger partial charge < -0.3 is 19.3 Å². The van der Waals surface area contributed by atoms with Gasteiger partial charge in [-0.25, -0.2) is 14.4 Å². The molecule has 1 atom stereocenters. The first kappa shape index (κ1) is 26.1. The van der Waals surface area contributed by atoms with Crippen LogP contribution in [0.25, 0.3) is 0 Å². The number of benzene rings is 2. The second kappa shape index (κ2) is 10.8. The molecule has 1 unspecified atom stereocenters. The minimum atomic E-state index is -4.35. The normalized spacial score (nSPS) is 15.7. The molecule has 0 radical (unpaired) electrons. The molecule has 2 aromatic carbocycles. The number of rotatable bonds is 8. The van der Waals surface area contributed by atoms with E-state index in [1.807, 2.05) is 13.8 Å². The molecule has 1 N–H and O–H groups in total. The highest BCUT2D eigenvalue weighted by Crippen LogP contribution is 2.36. The molecule has 0 heterocycles. The number of carboxylic acids is 1. The van der Waals surface area contributed by atoms with Crippen LogP contribution in [0.3, 0.4) is 0 Å². The van der Waals surface area contributed by atoms with E-state index in [-0.39, 0.29) is 22.8 Å². The first-order valence-corrected chi connectivity index (χ1v) is 11.4. The quantitative estimate of drug-likeness (QED) is 0.348. The minimum absolute atomic E-state index is 0.0847. The summed E-state index contributed by atoms with van der Waals surface area (Å²) in [7, 11) is 0. The summed E-state index contributed by atoms with van der Waals surface area (Å²) in [6, 6.07) is 11.9. The Labute approximate surface area is 202 Å². The number of ether oxygens (including phenoxy) is 3. The first-order chi connectivity index (χ1) is 16.5. The summed E-state index contributed by atoms with van der Waals surface area (Å²) in [5, 5.41) is 8.94. The van der Waals surface area contributed by atoms with Crippen molar-refractivity contribution in [2.45, 2.75) is 63.6 Å². The number of hydrogen-bond donors (Lipinski definition) is 1. The largest absolute Gasteiger partial charge is 0.514 e. The molecule has 0 aliphatic heterocycles. The van der Waals surface area contributed by atoms with Crippen LogP contribution in [-0.2, 0) is 14.3 Å². The van der Waals surface area contributed by atoms with Gasteiger partial charge >= 0.3 is 24.0 Å². The monoisotopic (exact) mass is 490 g/mol. The van der Waals surface area contributed by atoms with Crippen LogP contribution in [0.4, 0.5) is 13.6 Å². The summed E-state index contributed by atoms with van der Waals surface area (Å²) < 4.78 is 44.2. The SMILES string of the molecule is CC(C)(OC(=O)Oc1ccc(C(=O)OC(c2ccccc2)C(F)(F)C(=O)O)cc1)C1CCCCC1. The lowest BCUT2D eigenvalue weighted by Gasteiger charge is -2.35. The van der Waals surface area contributed by atoms with E-state index in [1.165, 1.54) is 55.0 Å². The molecule has 1 aliphatic carbocycles. The van der Waals surface area contributed by atoms with E-state index in [4.69, 9.17) is 19.3 Å². The highest BCUT2D eigenvalue weighted by atomic mass is 19.3. The Morgan fingerprint density at radius 1 is 0.943 bits per heavy atom. The number of carbonyl (C=O) groups is 3. The zero-order valence-electron chi connectivity index (χ0n) is 19.5. The maximum absolute atomic E-state index is 14.3. The molecule has 0 amide bonds. The third-order valence-electron chi connectivity index (χ3n) is 6.17. The predicted molar refractivity (Wildman–Crippen MR) is 121 cm³/mol. The van der Waals surface area contributed by atoms with Crippen molar-refractivity contribution in [3.63, 3.8) is 0 Å². The van der Waals surface area contributed by atoms with Gasteiger partial charge in [-0.15, -0.1) is 0 Å². The van der Waals surface area contributed by atoms with E-state index in [9.17, 15) is 23.2 Å². The van der Waals surface area contributed by atoms with Crippen molar-refractivity contribution in [1.82, 2.24) is 0 Å². The summed E-state index contributed by atoms with van der Waals surface area (Å²) in [5.74, 6) is -7.61. The molecule has 188 valence electrons. The van der Waals surface area contributed by atoms with Gasteiger partial charge in [-0.3, -0.25) is 0 Å². The van der Waals surface area contributed by atoms with Gasteiger partial charge in [0.05, 0.1) is 5.56 Å². The van der Waals surface area contributed by atoms with Gasteiger partial charge in [-0.1, -0.05) is 49.6 Å². The fourth-order valence-electron chi connectivity index (χ4n) is 4.14. The maximum Gasteiger partial charge on any atom is 0.514 e. The third kappa shape index (κ3) is 6.55. The number of halogens is 2. The Balaban J connectivity index is 1.65. The average molecular weight is 490 g/mol. The van der Waals surface area contributed by atoms with Gasteiger partial charge in [0.15, 0.2) is 0 Å². The average Bonchev–Trinajstić information content (AvgIpc) is 2.83. The van der Waals surface area contributed by atoms with E-state index in [2.05, 4.69) is 0 Å². The molecule has 3 rings (SSSR count). The van der Waals surface area contributed by atoms with Gasteiger partial charge in [0.25, 0.3) is 0 Å². The lowest BCUT2D eigenvalue weighted by Crippen LogP contribution is -2.38. The van der Waals surface area contributed by atoms with Crippen molar-refractivity contribution in [2.24, 2.45) is 5.92 Å². The number of carboxylic acid groups (broad SMARTS) is 1. The van der Waals surface area contributed by atoms with Gasteiger partial charge in [0.2, 0.25) is 6.10 Å². The molecular weight excluding hydrogens is 462 g/mol. The number of alkyl halides is 2. The Morgan fingerprint density at radius 2 is 1.54 bits per heavy atom. The van der Waals surface area contributed by atoms with E-state index in [0.717, 1.165) is 25.7 Å². The summed E-state index contributed by atoms with van der Waals surface area (Å²) in [6.45, 7) is 3.69. The molecule has 0 spiro atoms. The number of carbonyl (C=O) groups excluding carboxylic acids is 2. The Bertz CT molecular complexity index is 1030. The van der Waals surface area contributed by atoms with Crippen LogP contribution in [0.1, 0.15) is 68.0 Å². The molecule has 1 aliphatic rings. The molecular formula is C26H28F2O7. The van der Waals surface area contributed by atoms with Crippen LogP contribution < -0.4 is 4.74 Å². The molecule has 0 saturated heterocycles. The summed E-state index contributed by atoms with van der Waals surface area (Å²) in [6.07, 6.45) is 2.08. The standard InChI is InChI=1S/C26H28F2O7/c1-25(2,19-11-7-4-8-12-19)35-24(32)33-20-15-13-18(14-16-20)22(29)34-21(26(27,28)23(30)31)17-9-5-3-6-10-17/h3,5-6,9-10,13-16,19,21H,4,7-8,11-12H2,1-2H3,(H,30,31). The second-order valence-corrected chi connectivity index (χ2v) is 9.04. The number of aliphatic carboxylic acids is 1. The van der Waals surface area contributed by atoms with Gasteiger partial charge in [-0.2, -0.15) is 8.78 Å². The molecule has 0 bridgehead atoms. The van der Waals surface area contributed by atoms with E-state index in [1.54, 1.807) is 6.07 Å². The number of esters is 1. The zero-order chi connectivity index (χ0) is 25.6. The Morgan fingerprint density at radius 3 is 2.11 bits per heavy atom. The summed E-state index contributed by atoms with van der Waals surface area (Å²) in [5.41, 5.74) is -0.991. The van der Waals surface area contributed by atoms with Crippen molar-refractivity contribution < 1.29 is 42.5 Å². The van der Waals surface area contributed by atoms with Crippen LogP contribution in [0.15, 0.2) is 54.6 Å². The van der Waals surface area contributed by atoms with Crippen molar-refractivity contribution in [2.75, 3.05) is 0 Å². The second-order valence-electron chi connectivity index (χ2n) is 9.04. The Kier molecular flexibility index (Phi) is 8.09. The molecule has 7 nitrogen and oxygen atoms in total. The van der Waals surface area contributed by atoms with Crippen molar-refractivity contribution in [3.8, 4) is 5.75 Å². The molecule has 35 heavy (non-hydrogen) atoms. The molecule has 9 heteroatoms. The molecule has 2 aromatic rings. The minimum Gasteiger partial charge on any atom is -0.477 e.